The fourth-order valence-electron chi connectivity index (χ4n) is 1.98. The Balaban J connectivity index is 2.76. The summed E-state index contributed by atoms with van der Waals surface area (Å²) in [4.78, 5) is 25.2. The number of carbonyl (C=O) groups is 2. The van der Waals surface area contributed by atoms with Crippen molar-refractivity contribution in [1.82, 2.24) is 19.8 Å². The lowest BCUT2D eigenvalue weighted by molar-refractivity contribution is -0.121. The first-order chi connectivity index (χ1) is 10.5. The molecule has 2 atom stereocenters. The highest BCUT2D eigenvalue weighted by molar-refractivity contribution is 7.77. The topological polar surface area (TPSA) is 102 Å². The van der Waals surface area contributed by atoms with Crippen LogP contribution in [0.4, 0.5) is 4.79 Å². The molecule has 0 aromatic carbocycles. The molecule has 1 rings (SSSR count). The molecule has 8 nitrogen and oxygen atoms in total. The van der Waals surface area contributed by atoms with Crippen molar-refractivity contribution in [3.05, 3.63) is 37.0 Å². The Morgan fingerprint density at radius 2 is 2.18 bits per heavy atom. The van der Waals surface area contributed by atoms with Crippen LogP contribution in [0.3, 0.4) is 0 Å². The molecule has 3 N–H and O–H groups in total. The summed E-state index contributed by atoms with van der Waals surface area (Å²) in [5.74, 6) is -0.290. The van der Waals surface area contributed by atoms with Gasteiger partial charge in [-0.2, -0.15) is 0 Å². The summed E-state index contributed by atoms with van der Waals surface area (Å²) < 4.78 is 20.8. The Labute approximate surface area is 131 Å². The number of amides is 3. The molecule has 1 heterocycles. The van der Waals surface area contributed by atoms with Crippen molar-refractivity contribution < 1.29 is 18.4 Å². The Hall–Kier alpha value is -1.97. The van der Waals surface area contributed by atoms with Crippen molar-refractivity contribution in [1.29, 1.82) is 0 Å². The highest BCUT2D eigenvalue weighted by Crippen LogP contribution is 2.10. The van der Waals surface area contributed by atoms with Crippen LogP contribution in [0.5, 0.6) is 0 Å². The second-order valence-electron chi connectivity index (χ2n) is 4.39. The smallest absolute Gasteiger partial charge is 0.334 e. The summed E-state index contributed by atoms with van der Waals surface area (Å²) in [5.41, 5.74) is 0.601. The van der Waals surface area contributed by atoms with E-state index in [1.165, 1.54) is 24.1 Å². The van der Waals surface area contributed by atoms with E-state index in [1.54, 1.807) is 6.08 Å². The van der Waals surface area contributed by atoms with Gasteiger partial charge in [-0.25, -0.2) is 13.3 Å². The monoisotopic (exact) mass is 328 g/mol. The summed E-state index contributed by atoms with van der Waals surface area (Å²) in [6, 6.07) is -1.26. The van der Waals surface area contributed by atoms with Crippen molar-refractivity contribution in [3.63, 3.8) is 0 Å². The van der Waals surface area contributed by atoms with E-state index in [0.29, 0.717) is 12.1 Å². The van der Waals surface area contributed by atoms with Crippen molar-refractivity contribution in [2.24, 2.45) is 0 Å². The maximum Gasteiger partial charge on any atom is 0.334 e. The molecular weight excluding hydrogens is 308 g/mol. The third kappa shape index (κ3) is 4.26. The molecule has 3 amide bonds. The number of nitrogens with zero attached hydrogens (tertiary/aromatic N) is 2. The summed E-state index contributed by atoms with van der Waals surface area (Å²) in [6.07, 6.45) is 4.70. The summed E-state index contributed by atoms with van der Waals surface area (Å²) in [6.45, 7) is 7.75. The molecule has 9 heteroatoms. The van der Waals surface area contributed by atoms with Crippen LogP contribution in [0.25, 0.3) is 0 Å². The zero-order valence-electron chi connectivity index (χ0n) is 12.3. The second-order valence-corrected chi connectivity index (χ2v) is 5.30. The van der Waals surface area contributed by atoms with Crippen LogP contribution in [0.2, 0.25) is 0 Å². The van der Waals surface area contributed by atoms with Crippen LogP contribution in [0, 0.1) is 0 Å². The number of nitrogens with one attached hydrogen (secondary N) is 2. The van der Waals surface area contributed by atoms with Crippen LogP contribution in [-0.2, 0) is 16.1 Å². The van der Waals surface area contributed by atoms with Gasteiger partial charge in [0.1, 0.15) is 6.04 Å². The average molecular weight is 328 g/mol. The van der Waals surface area contributed by atoms with Crippen LogP contribution in [0.15, 0.2) is 37.0 Å². The van der Waals surface area contributed by atoms with E-state index in [0.717, 1.165) is 4.31 Å². The Morgan fingerprint density at radius 3 is 2.64 bits per heavy atom. The molecule has 0 spiro atoms. The van der Waals surface area contributed by atoms with Crippen LogP contribution in [0.1, 0.15) is 0 Å². The molecule has 0 bridgehead atoms. The minimum absolute atomic E-state index is 0.0624. The van der Waals surface area contributed by atoms with Gasteiger partial charge in [0.15, 0.2) is 0 Å². The minimum Gasteiger partial charge on any atom is -0.358 e. The summed E-state index contributed by atoms with van der Waals surface area (Å²) in [7, 11) is 1.50. The number of likely N-dealkylation sites (N-methyl/N-ethyl adjacent to an activating group) is 1. The lowest BCUT2D eigenvalue weighted by Crippen LogP contribution is -2.49. The lowest BCUT2D eigenvalue weighted by Gasteiger charge is -2.22. The minimum atomic E-state index is -2.34. The molecule has 1 aliphatic heterocycles. The van der Waals surface area contributed by atoms with Gasteiger partial charge in [-0.05, 0) is 5.57 Å². The van der Waals surface area contributed by atoms with Crippen molar-refractivity contribution in [2.45, 2.75) is 6.04 Å². The predicted molar refractivity (Wildman–Crippen MR) is 83.9 cm³/mol. The quantitative estimate of drug-likeness (QED) is 0.424. The zero-order chi connectivity index (χ0) is 16.7. The zero-order valence-corrected chi connectivity index (χ0v) is 13.1. The SMILES string of the molecule is C=C/C=C(\C=C)C(NCN1CCN(S(=O)O)C1=O)C(=O)NC. The van der Waals surface area contributed by atoms with E-state index in [9.17, 15) is 13.8 Å². The van der Waals surface area contributed by atoms with Crippen molar-refractivity contribution >= 4 is 23.2 Å². The van der Waals surface area contributed by atoms with E-state index in [4.69, 9.17) is 4.55 Å². The van der Waals surface area contributed by atoms with Crippen LogP contribution < -0.4 is 10.6 Å². The van der Waals surface area contributed by atoms with E-state index in [1.807, 2.05) is 0 Å². The first-order valence-electron chi connectivity index (χ1n) is 6.53. The number of carbonyl (C=O) groups excluding carboxylic acids is 2. The summed E-state index contributed by atoms with van der Waals surface area (Å²) in [5, 5.41) is 5.46. The molecule has 1 fully saturated rings. The molecule has 0 radical (unpaired) electrons. The summed E-state index contributed by atoms with van der Waals surface area (Å²) >= 11 is -2.34. The number of allylic oxidation sites excluding steroid dienone is 2. The van der Waals surface area contributed by atoms with Gasteiger partial charge in [-0.15, -0.1) is 0 Å². The highest BCUT2D eigenvalue weighted by Gasteiger charge is 2.32. The molecular formula is C13H20N4O4S. The molecule has 22 heavy (non-hydrogen) atoms. The maximum atomic E-state index is 11.9. The molecule has 0 aromatic rings. The number of hydrogen-bond donors (Lipinski definition) is 3. The van der Waals surface area contributed by atoms with Crippen LogP contribution in [-0.4, -0.2) is 62.8 Å². The van der Waals surface area contributed by atoms with Gasteiger partial charge in [0, 0.05) is 13.6 Å². The average Bonchev–Trinajstić information content (AvgIpc) is 2.87. The van der Waals surface area contributed by atoms with Gasteiger partial charge in [-0.3, -0.25) is 14.7 Å². The molecule has 122 valence electrons. The second kappa shape index (κ2) is 8.47. The lowest BCUT2D eigenvalue weighted by atomic mass is 10.1. The first-order valence-corrected chi connectivity index (χ1v) is 7.60. The molecule has 0 saturated carbocycles. The Kier molecular flexibility index (Phi) is 6.96. The van der Waals surface area contributed by atoms with E-state index in [-0.39, 0.29) is 19.1 Å². The standard InChI is InChI=1S/C13H20N4O4S/c1-4-6-10(5-2)11(12(18)14-3)15-9-16-7-8-17(13(16)19)22(20)21/h4-6,11,15H,1-2,7-9H2,3H3,(H,14,18)(H,20,21)/b10-6+. The number of hydrogen-bond acceptors (Lipinski definition) is 4. The maximum absolute atomic E-state index is 11.9. The number of rotatable bonds is 8. The van der Waals surface area contributed by atoms with Crippen molar-refractivity contribution in [2.75, 3.05) is 26.8 Å². The largest absolute Gasteiger partial charge is 0.358 e. The van der Waals surface area contributed by atoms with E-state index < -0.39 is 23.3 Å². The molecule has 0 aliphatic carbocycles. The number of urea groups is 1. The molecule has 2 unspecified atom stereocenters. The Morgan fingerprint density at radius 1 is 1.50 bits per heavy atom. The van der Waals surface area contributed by atoms with Gasteiger partial charge in [-0.1, -0.05) is 31.4 Å². The van der Waals surface area contributed by atoms with Crippen LogP contribution >= 0.6 is 0 Å². The van der Waals surface area contributed by atoms with E-state index >= 15 is 0 Å². The fourth-order valence-corrected chi connectivity index (χ4v) is 2.46. The molecule has 1 saturated heterocycles. The van der Waals surface area contributed by atoms with Gasteiger partial charge in [0.05, 0.1) is 13.2 Å². The molecule has 0 aromatic heterocycles. The molecule has 1 aliphatic rings. The first kappa shape index (κ1) is 18.1. The fraction of sp³-hybridized carbons (Fsp3) is 0.385. The normalized spacial score (nSPS) is 18.1. The highest BCUT2D eigenvalue weighted by atomic mass is 32.2. The van der Waals surface area contributed by atoms with E-state index in [2.05, 4.69) is 23.8 Å². The van der Waals surface area contributed by atoms with Crippen molar-refractivity contribution in [3.8, 4) is 0 Å². The van der Waals surface area contributed by atoms with Gasteiger partial charge >= 0.3 is 6.03 Å². The third-order valence-electron chi connectivity index (χ3n) is 3.12. The van der Waals surface area contributed by atoms with Gasteiger partial charge in [0.2, 0.25) is 5.91 Å². The van der Waals surface area contributed by atoms with Gasteiger partial charge in [0.25, 0.3) is 11.3 Å². The third-order valence-corrected chi connectivity index (χ3v) is 3.84. The Bertz CT molecular complexity index is 520. The predicted octanol–water partition coefficient (Wildman–Crippen LogP) is -0.179. The van der Waals surface area contributed by atoms with Gasteiger partial charge < -0.3 is 10.2 Å².